The highest BCUT2D eigenvalue weighted by Crippen LogP contribution is 2.49. The lowest BCUT2D eigenvalue weighted by Crippen LogP contribution is -2.13. The molecule has 1 heteroatoms. The molecular formula is C56H38O. The summed E-state index contributed by atoms with van der Waals surface area (Å²) >= 11 is 0. The highest BCUT2D eigenvalue weighted by molar-refractivity contribution is 6.28. The van der Waals surface area contributed by atoms with Gasteiger partial charge in [0.2, 0.25) is 0 Å². The van der Waals surface area contributed by atoms with Gasteiger partial charge in [0.05, 0.1) is 0 Å². The molecule has 57 heavy (non-hydrogen) atoms. The van der Waals surface area contributed by atoms with Gasteiger partial charge in [-0.3, -0.25) is 0 Å². The van der Waals surface area contributed by atoms with E-state index in [0.29, 0.717) is 5.92 Å². The van der Waals surface area contributed by atoms with Crippen LogP contribution < -0.4 is 0 Å². The van der Waals surface area contributed by atoms with Crippen LogP contribution in [0, 0.1) is 12.8 Å². The van der Waals surface area contributed by atoms with Gasteiger partial charge in [0.15, 0.2) is 0 Å². The zero-order chi connectivity index (χ0) is 37.8. The molecule has 0 amide bonds. The Labute approximate surface area is 331 Å². The summed E-state index contributed by atoms with van der Waals surface area (Å²) in [7, 11) is 0. The zero-order valence-corrected chi connectivity index (χ0v) is 31.9. The van der Waals surface area contributed by atoms with E-state index in [2.05, 4.69) is 196 Å². The first kappa shape index (κ1) is 32.3. The Hall–Kier alpha value is -6.96. The van der Waals surface area contributed by atoms with Crippen LogP contribution in [-0.2, 0) is 0 Å². The lowest BCUT2D eigenvalue weighted by Gasteiger charge is -2.26. The molecular weight excluding hydrogens is 689 g/mol. The lowest BCUT2D eigenvalue weighted by molar-refractivity contribution is 0.560. The Morgan fingerprint density at radius 3 is 1.81 bits per heavy atom. The molecule has 11 aromatic rings. The summed E-state index contributed by atoms with van der Waals surface area (Å²) in [5.74, 6) is 1.50. The molecule has 0 spiro atoms. The third-order valence-electron chi connectivity index (χ3n) is 12.8. The summed E-state index contributed by atoms with van der Waals surface area (Å²) < 4.78 is 6.56. The number of allylic oxidation sites excluding steroid dienone is 1. The molecule has 0 aliphatic heterocycles. The minimum atomic E-state index is 0.192. The fourth-order valence-corrected chi connectivity index (χ4v) is 10.2. The molecule has 268 valence electrons. The predicted octanol–water partition coefficient (Wildman–Crippen LogP) is 15.8. The maximum absolute atomic E-state index is 6.56. The monoisotopic (exact) mass is 726 g/mol. The molecule has 2 atom stereocenters. The largest absolute Gasteiger partial charge is 0.456 e. The van der Waals surface area contributed by atoms with Crippen LogP contribution in [0.3, 0.4) is 0 Å². The Balaban J connectivity index is 1.05. The van der Waals surface area contributed by atoms with E-state index in [1.54, 1.807) is 0 Å². The average molecular weight is 727 g/mol. The van der Waals surface area contributed by atoms with Crippen molar-refractivity contribution in [3.8, 4) is 22.3 Å². The van der Waals surface area contributed by atoms with Crippen molar-refractivity contribution in [1.82, 2.24) is 0 Å². The SMILES string of the molecule is Cc1ccc2cc3c4c(oc3cc2c1)C=CC(C)C4c1ccc(-c2c3ccccc3c(-c3cc4ccc5ccccc5c4c4ccccc34)c3ccccc23)cc1. The molecule has 10 aromatic carbocycles. The molecule has 12 rings (SSSR count). The first-order valence-corrected chi connectivity index (χ1v) is 20.1. The van der Waals surface area contributed by atoms with Gasteiger partial charge >= 0.3 is 0 Å². The number of aryl methyl sites for hydroxylation is 1. The van der Waals surface area contributed by atoms with Gasteiger partial charge in [-0.1, -0.05) is 170 Å². The van der Waals surface area contributed by atoms with Crippen LogP contribution in [0.5, 0.6) is 0 Å². The van der Waals surface area contributed by atoms with Gasteiger partial charge in [-0.25, -0.2) is 0 Å². The summed E-state index contributed by atoms with van der Waals surface area (Å²) in [4.78, 5) is 0. The maximum atomic E-state index is 6.56. The smallest absolute Gasteiger partial charge is 0.135 e. The van der Waals surface area contributed by atoms with Crippen molar-refractivity contribution in [2.75, 3.05) is 0 Å². The highest BCUT2D eigenvalue weighted by atomic mass is 16.3. The molecule has 0 saturated carbocycles. The van der Waals surface area contributed by atoms with E-state index in [1.807, 2.05) is 0 Å². The molecule has 0 radical (unpaired) electrons. The van der Waals surface area contributed by atoms with Gasteiger partial charge in [0.25, 0.3) is 0 Å². The first-order valence-electron chi connectivity index (χ1n) is 20.1. The van der Waals surface area contributed by atoms with E-state index in [1.165, 1.54) is 109 Å². The summed E-state index contributed by atoms with van der Waals surface area (Å²) in [6, 6.07) is 63.4. The van der Waals surface area contributed by atoms with Crippen LogP contribution in [0.25, 0.3) is 104 Å². The Morgan fingerprint density at radius 1 is 0.456 bits per heavy atom. The van der Waals surface area contributed by atoms with Crippen LogP contribution in [0.1, 0.15) is 35.3 Å². The standard InChI is InChI=1S/C56H38O/c1-33-19-21-38-30-49-51(32-40(38)29-33)57-50-28-20-34(2)52(56(49)50)36-23-25-37(26-24-36)53-44-15-7-9-17-46(44)55(47-18-10-8-16-45(47)53)48-31-39-27-22-35-11-3-4-12-41(35)54(39)43-14-6-5-13-42(43)48/h3-32,34,52H,1-2H3. The maximum Gasteiger partial charge on any atom is 0.135 e. The molecule has 0 N–H and O–H groups in total. The number of rotatable bonds is 3. The van der Waals surface area contributed by atoms with Crippen molar-refractivity contribution in [2.24, 2.45) is 5.92 Å². The summed E-state index contributed by atoms with van der Waals surface area (Å²) in [5.41, 5.74) is 9.89. The minimum absolute atomic E-state index is 0.192. The minimum Gasteiger partial charge on any atom is -0.456 e. The Bertz CT molecular complexity index is 3430. The van der Waals surface area contributed by atoms with E-state index in [9.17, 15) is 0 Å². The van der Waals surface area contributed by atoms with Crippen molar-refractivity contribution in [3.05, 3.63) is 198 Å². The molecule has 1 aliphatic carbocycles. The van der Waals surface area contributed by atoms with E-state index in [4.69, 9.17) is 4.42 Å². The van der Waals surface area contributed by atoms with Gasteiger partial charge in [-0.15, -0.1) is 0 Å². The third kappa shape index (κ3) is 4.82. The normalized spacial score (nSPS) is 15.5. The van der Waals surface area contributed by atoms with Gasteiger partial charge in [-0.05, 0) is 130 Å². The van der Waals surface area contributed by atoms with Gasteiger partial charge < -0.3 is 4.42 Å². The number of furan rings is 1. The number of benzene rings is 10. The fraction of sp³-hybridized carbons (Fsp3) is 0.0714. The van der Waals surface area contributed by atoms with Crippen LogP contribution in [0.2, 0.25) is 0 Å². The van der Waals surface area contributed by atoms with Crippen molar-refractivity contribution in [2.45, 2.75) is 19.8 Å². The average Bonchev–Trinajstić information content (AvgIpc) is 3.61. The second kappa shape index (κ2) is 12.3. The molecule has 0 bridgehead atoms. The van der Waals surface area contributed by atoms with E-state index in [-0.39, 0.29) is 5.92 Å². The fourth-order valence-electron chi connectivity index (χ4n) is 10.2. The second-order valence-corrected chi connectivity index (χ2v) is 16.1. The van der Waals surface area contributed by atoms with Crippen LogP contribution in [-0.4, -0.2) is 0 Å². The topological polar surface area (TPSA) is 13.1 Å². The van der Waals surface area contributed by atoms with Gasteiger partial charge in [-0.2, -0.15) is 0 Å². The second-order valence-electron chi connectivity index (χ2n) is 16.1. The molecule has 0 saturated heterocycles. The van der Waals surface area contributed by atoms with Crippen molar-refractivity contribution >= 4 is 81.7 Å². The number of hydrogen-bond donors (Lipinski definition) is 0. The van der Waals surface area contributed by atoms with E-state index >= 15 is 0 Å². The Kier molecular flexibility index (Phi) is 6.95. The molecule has 1 heterocycles. The first-order chi connectivity index (χ1) is 28.1. The quantitative estimate of drug-likeness (QED) is 0.131. The Morgan fingerprint density at radius 2 is 1.07 bits per heavy atom. The molecule has 1 aliphatic rings. The summed E-state index contributed by atoms with van der Waals surface area (Å²) in [6.45, 7) is 4.48. The summed E-state index contributed by atoms with van der Waals surface area (Å²) in [6.07, 6.45) is 4.49. The van der Waals surface area contributed by atoms with Gasteiger partial charge in [0.1, 0.15) is 11.3 Å². The molecule has 1 aromatic heterocycles. The molecule has 0 fully saturated rings. The van der Waals surface area contributed by atoms with E-state index in [0.717, 1.165) is 11.3 Å². The van der Waals surface area contributed by atoms with E-state index < -0.39 is 0 Å². The van der Waals surface area contributed by atoms with Crippen LogP contribution in [0.4, 0.5) is 0 Å². The molecule has 1 nitrogen and oxygen atoms in total. The van der Waals surface area contributed by atoms with Crippen LogP contribution >= 0.6 is 0 Å². The predicted molar refractivity (Wildman–Crippen MR) is 243 cm³/mol. The third-order valence-corrected chi connectivity index (χ3v) is 12.8. The van der Waals surface area contributed by atoms with Crippen molar-refractivity contribution < 1.29 is 4.42 Å². The molecule has 2 unspecified atom stereocenters. The van der Waals surface area contributed by atoms with Crippen molar-refractivity contribution in [3.63, 3.8) is 0 Å². The van der Waals surface area contributed by atoms with Crippen molar-refractivity contribution in [1.29, 1.82) is 0 Å². The zero-order valence-electron chi connectivity index (χ0n) is 31.9. The number of hydrogen-bond acceptors (Lipinski definition) is 1. The van der Waals surface area contributed by atoms with Gasteiger partial charge in [0, 0.05) is 16.9 Å². The van der Waals surface area contributed by atoms with Crippen LogP contribution in [0.15, 0.2) is 180 Å². The number of fused-ring (bicyclic) bond motifs is 11. The lowest BCUT2D eigenvalue weighted by atomic mass is 9.77. The summed E-state index contributed by atoms with van der Waals surface area (Å²) in [5, 5.41) is 16.5. The highest BCUT2D eigenvalue weighted by Gasteiger charge is 2.30.